The first-order chi connectivity index (χ1) is 8.83. The van der Waals surface area contributed by atoms with E-state index in [1.165, 1.54) is 30.5 Å². The van der Waals surface area contributed by atoms with Crippen molar-refractivity contribution in [2.24, 2.45) is 17.8 Å². The zero-order chi connectivity index (χ0) is 12.1. The molecule has 102 valence electrons. The molecule has 1 heterocycles. The second-order valence-corrected chi connectivity index (χ2v) is 5.82. The van der Waals surface area contributed by atoms with Crippen LogP contribution in [0.5, 0.6) is 0 Å². The number of hydrogen-bond donors (Lipinski definition) is 2. The predicted octanol–water partition coefficient (Wildman–Crippen LogP) is 3.06. The molecule has 19 heavy (non-hydrogen) atoms. The molecule has 1 aliphatic heterocycles. The van der Waals surface area contributed by atoms with Crippen molar-refractivity contribution in [2.75, 3.05) is 17.2 Å². The highest BCUT2D eigenvalue weighted by Crippen LogP contribution is 2.57. The first kappa shape index (κ1) is 12.8. The van der Waals surface area contributed by atoms with Gasteiger partial charge in [-0.1, -0.05) is 6.42 Å². The summed E-state index contributed by atoms with van der Waals surface area (Å²) in [6.07, 6.45) is 4.91. The minimum atomic E-state index is 0. The SMILES string of the molecule is Cl.O=C(Nc1ccc2c(c1)CCN2)C1C2CCCC21. The third-order valence-electron chi connectivity index (χ3n) is 4.79. The molecule has 0 bridgehead atoms. The molecule has 4 heteroatoms. The summed E-state index contributed by atoms with van der Waals surface area (Å²) in [5, 5.41) is 6.43. The van der Waals surface area contributed by atoms with E-state index < -0.39 is 0 Å². The van der Waals surface area contributed by atoms with Crippen molar-refractivity contribution in [1.82, 2.24) is 0 Å². The molecule has 3 nitrogen and oxygen atoms in total. The van der Waals surface area contributed by atoms with Crippen molar-refractivity contribution < 1.29 is 4.79 Å². The Hall–Kier alpha value is -1.22. The molecule has 2 N–H and O–H groups in total. The van der Waals surface area contributed by atoms with Crippen molar-refractivity contribution >= 4 is 29.7 Å². The van der Waals surface area contributed by atoms with Gasteiger partial charge in [0.2, 0.25) is 5.91 Å². The molecule has 0 spiro atoms. The van der Waals surface area contributed by atoms with Crippen LogP contribution in [0.4, 0.5) is 11.4 Å². The standard InChI is InChI=1S/C15H18N2O.ClH/c18-15(14-11-2-1-3-12(11)14)17-10-4-5-13-9(8-10)6-7-16-13;/h4-5,8,11-12,14,16H,1-3,6-7H2,(H,17,18);1H. The van der Waals surface area contributed by atoms with Gasteiger partial charge in [-0.3, -0.25) is 4.79 Å². The van der Waals surface area contributed by atoms with Crippen LogP contribution < -0.4 is 10.6 Å². The van der Waals surface area contributed by atoms with Gasteiger partial charge in [-0.2, -0.15) is 0 Å². The normalized spacial score (nSPS) is 29.8. The molecule has 2 aliphatic carbocycles. The lowest BCUT2D eigenvalue weighted by Crippen LogP contribution is -2.16. The van der Waals surface area contributed by atoms with Gasteiger partial charge >= 0.3 is 0 Å². The van der Waals surface area contributed by atoms with Crippen molar-refractivity contribution in [2.45, 2.75) is 25.7 Å². The summed E-state index contributed by atoms with van der Waals surface area (Å²) in [5.74, 6) is 1.95. The maximum atomic E-state index is 12.2. The van der Waals surface area contributed by atoms with Gasteiger partial charge in [0.1, 0.15) is 0 Å². The van der Waals surface area contributed by atoms with Crippen molar-refractivity contribution in [3.63, 3.8) is 0 Å². The van der Waals surface area contributed by atoms with Crippen LogP contribution in [-0.4, -0.2) is 12.5 Å². The fourth-order valence-electron chi connectivity index (χ4n) is 3.82. The molecule has 0 saturated heterocycles. The molecule has 1 aromatic carbocycles. The van der Waals surface area contributed by atoms with Gasteiger partial charge in [-0.15, -0.1) is 12.4 Å². The summed E-state index contributed by atoms with van der Waals surface area (Å²) < 4.78 is 0. The molecular formula is C15H19ClN2O. The molecule has 3 aliphatic rings. The predicted molar refractivity (Wildman–Crippen MR) is 78.8 cm³/mol. The number of rotatable bonds is 2. The minimum Gasteiger partial charge on any atom is -0.384 e. The van der Waals surface area contributed by atoms with Crippen LogP contribution in [0.1, 0.15) is 24.8 Å². The number of nitrogens with one attached hydrogen (secondary N) is 2. The Morgan fingerprint density at radius 3 is 2.84 bits per heavy atom. The molecule has 2 atom stereocenters. The topological polar surface area (TPSA) is 41.1 Å². The molecule has 1 aromatic rings. The third-order valence-corrected chi connectivity index (χ3v) is 4.79. The molecule has 1 amide bonds. The summed E-state index contributed by atoms with van der Waals surface area (Å²) in [6.45, 7) is 1.01. The van der Waals surface area contributed by atoms with E-state index in [0.29, 0.717) is 17.8 Å². The maximum absolute atomic E-state index is 12.2. The Morgan fingerprint density at radius 1 is 1.26 bits per heavy atom. The fourth-order valence-corrected chi connectivity index (χ4v) is 3.82. The van der Waals surface area contributed by atoms with Crippen LogP contribution in [0.3, 0.4) is 0 Å². The van der Waals surface area contributed by atoms with Crippen LogP contribution in [0.15, 0.2) is 18.2 Å². The second-order valence-electron chi connectivity index (χ2n) is 5.82. The number of carbonyl (C=O) groups excluding carboxylic acids is 1. The van der Waals surface area contributed by atoms with E-state index in [1.807, 2.05) is 6.07 Å². The van der Waals surface area contributed by atoms with Crippen molar-refractivity contribution in [1.29, 1.82) is 0 Å². The van der Waals surface area contributed by atoms with E-state index >= 15 is 0 Å². The van der Waals surface area contributed by atoms with Gasteiger partial charge in [-0.25, -0.2) is 0 Å². The Balaban J connectivity index is 0.00000110. The minimum absolute atomic E-state index is 0. The average molecular weight is 279 g/mol. The monoisotopic (exact) mass is 278 g/mol. The number of hydrogen-bond acceptors (Lipinski definition) is 2. The smallest absolute Gasteiger partial charge is 0.228 e. The zero-order valence-corrected chi connectivity index (χ0v) is 11.6. The van der Waals surface area contributed by atoms with Gasteiger partial charge in [0.15, 0.2) is 0 Å². The zero-order valence-electron chi connectivity index (χ0n) is 10.8. The van der Waals surface area contributed by atoms with E-state index in [1.54, 1.807) is 0 Å². The van der Waals surface area contributed by atoms with Crippen LogP contribution in [0.25, 0.3) is 0 Å². The number of halogens is 1. The van der Waals surface area contributed by atoms with E-state index in [2.05, 4.69) is 22.8 Å². The quantitative estimate of drug-likeness (QED) is 0.873. The Morgan fingerprint density at radius 2 is 2.05 bits per heavy atom. The first-order valence-corrected chi connectivity index (χ1v) is 7.00. The highest BCUT2D eigenvalue weighted by Gasteiger charge is 2.56. The van der Waals surface area contributed by atoms with E-state index in [4.69, 9.17) is 0 Å². The molecule has 0 aromatic heterocycles. The number of amides is 1. The van der Waals surface area contributed by atoms with Crippen LogP contribution >= 0.6 is 12.4 Å². The summed E-state index contributed by atoms with van der Waals surface area (Å²) in [6, 6.07) is 6.20. The number of fused-ring (bicyclic) bond motifs is 2. The Bertz CT molecular complexity index is 507. The fraction of sp³-hybridized carbons (Fsp3) is 0.533. The summed E-state index contributed by atoms with van der Waals surface area (Å²) >= 11 is 0. The van der Waals surface area contributed by atoms with Gasteiger partial charge < -0.3 is 10.6 Å². The van der Waals surface area contributed by atoms with E-state index in [0.717, 1.165) is 18.7 Å². The van der Waals surface area contributed by atoms with Gasteiger partial charge in [0.25, 0.3) is 0 Å². The first-order valence-electron chi connectivity index (χ1n) is 7.00. The molecule has 2 fully saturated rings. The van der Waals surface area contributed by atoms with Crippen LogP contribution in [0.2, 0.25) is 0 Å². The van der Waals surface area contributed by atoms with Crippen molar-refractivity contribution in [3.8, 4) is 0 Å². The molecule has 4 rings (SSSR count). The molecule has 0 radical (unpaired) electrons. The Labute approximate surface area is 119 Å². The van der Waals surface area contributed by atoms with Gasteiger partial charge in [0.05, 0.1) is 0 Å². The lowest BCUT2D eigenvalue weighted by atomic mass is 10.1. The van der Waals surface area contributed by atoms with Gasteiger partial charge in [0, 0.05) is 23.8 Å². The molecule has 2 unspecified atom stereocenters. The van der Waals surface area contributed by atoms with Crippen LogP contribution in [0, 0.1) is 17.8 Å². The average Bonchev–Trinajstić information content (AvgIpc) is 2.78. The summed E-state index contributed by atoms with van der Waals surface area (Å²) in [4.78, 5) is 12.2. The molecular weight excluding hydrogens is 260 g/mol. The Kier molecular flexibility index (Phi) is 3.17. The summed E-state index contributed by atoms with van der Waals surface area (Å²) in [7, 11) is 0. The maximum Gasteiger partial charge on any atom is 0.228 e. The van der Waals surface area contributed by atoms with Gasteiger partial charge in [-0.05, 0) is 54.9 Å². The highest BCUT2D eigenvalue weighted by molar-refractivity contribution is 5.95. The lowest BCUT2D eigenvalue weighted by molar-refractivity contribution is -0.118. The number of carbonyl (C=O) groups is 1. The van der Waals surface area contributed by atoms with Crippen molar-refractivity contribution in [3.05, 3.63) is 23.8 Å². The number of benzene rings is 1. The highest BCUT2D eigenvalue weighted by atomic mass is 35.5. The largest absolute Gasteiger partial charge is 0.384 e. The second kappa shape index (κ2) is 4.71. The lowest BCUT2D eigenvalue weighted by Gasteiger charge is -2.08. The number of anilines is 2. The van der Waals surface area contributed by atoms with Crippen LogP contribution in [-0.2, 0) is 11.2 Å². The third kappa shape index (κ3) is 2.10. The molecule has 2 saturated carbocycles. The van der Waals surface area contributed by atoms with E-state index in [-0.39, 0.29) is 18.3 Å². The summed E-state index contributed by atoms with van der Waals surface area (Å²) in [5.41, 5.74) is 3.51. The van der Waals surface area contributed by atoms with E-state index in [9.17, 15) is 4.79 Å².